The summed E-state index contributed by atoms with van der Waals surface area (Å²) in [5, 5.41) is 0. The predicted octanol–water partition coefficient (Wildman–Crippen LogP) is 2.90. The Kier molecular flexibility index (Phi) is 5.10. The van der Waals surface area contributed by atoms with Crippen LogP contribution in [0.1, 0.15) is 18.0 Å². The fourth-order valence-electron chi connectivity index (χ4n) is 1.79. The van der Waals surface area contributed by atoms with E-state index in [0.29, 0.717) is 0 Å². The summed E-state index contributed by atoms with van der Waals surface area (Å²) in [6.07, 6.45) is -4.01. The third-order valence-electron chi connectivity index (χ3n) is 2.54. The zero-order valence-electron chi connectivity index (χ0n) is 9.95. The number of hydrogen-bond donors (Lipinski definition) is 1. The fourth-order valence-corrected chi connectivity index (χ4v) is 1.94. The summed E-state index contributed by atoms with van der Waals surface area (Å²) >= 11 is 4.80. The first-order chi connectivity index (χ1) is 8.29. The molecule has 0 heterocycles. The minimum atomic E-state index is -4.24. The average molecular weight is 276 g/mol. The van der Waals surface area contributed by atoms with E-state index >= 15 is 0 Å². The van der Waals surface area contributed by atoms with Gasteiger partial charge in [0.1, 0.15) is 0 Å². The first kappa shape index (κ1) is 14.9. The van der Waals surface area contributed by atoms with Gasteiger partial charge in [-0.2, -0.15) is 13.2 Å². The van der Waals surface area contributed by atoms with Crippen LogP contribution >= 0.6 is 12.2 Å². The average Bonchev–Trinajstić information content (AvgIpc) is 2.24. The van der Waals surface area contributed by atoms with Crippen LogP contribution in [0.15, 0.2) is 30.3 Å². The van der Waals surface area contributed by atoms with Crippen LogP contribution < -0.4 is 5.73 Å². The molecule has 0 aliphatic carbocycles. The molecule has 1 unspecified atom stereocenters. The molecule has 0 bridgehead atoms. The molecule has 2 nitrogen and oxygen atoms in total. The SMILES string of the molecule is CN(CC(F)(F)F)C(CC(N)=S)c1ccccc1. The Hall–Kier alpha value is -1.14. The van der Waals surface area contributed by atoms with Crippen molar-refractivity contribution in [1.29, 1.82) is 0 Å². The monoisotopic (exact) mass is 276 g/mol. The quantitative estimate of drug-likeness (QED) is 0.838. The number of benzene rings is 1. The number of nitrogens with zero attached hydrogens (tertiary/aromatic N) is 1. The molecule has 1 rings (SSSR count). The van der Waals surface area contributed by atoms with E-state index in [1.807, 2.05) is 6.07 Å². The van der Waals surface area contributed by atoms with Gasteiger partial charge in [0.2, 0.25) is 0 Å². The highest BCUT2D eigenvalue weighted by Crippen LogP contribution is 2.26. The number of nitrogens with two attached hydrogens (primary N) is 1. The van der Waals surface area contributed by atoms with Gasteiger partial charge in [0, 0.05) is 12.5 Å². The summed E-state index contributed by atoms with van der Waals surface area (Å²) in [4.78, 5) is 1.42. The van der Waals surface area contributed by atoms with Gasteiger partial charge in [-0.1, -0.05) is 42.5 Å². The lowest BCUT2D eigenvalue weighted by Gasteiger charge is -2.29. The van der Waals surface area contributed by atoms with Crippen molar-refractivity contribution < 1.29 is 13.2 Å². The predicted molar refractivity (Wildman–Crippen MR) is 69.3 cm³/mol. The Balaban J connectivity index is 2.88. The van der Waals surface area contributed by atoms with Crippen LogP contribution in [-0.4, -0.2) is 29.7 Å². The van der Waals surface area contributed by atoms with E-state index < -0.39 is 18.8 Å². The standard InChI is InChI=1S/C12H15F3N2S/c1-17(8-12(13,14)15)10(7-11(16)18)9-5-3-2-4-6-9/h2-6,10H,7-8H2,1H3,(H2,16,18). The van der Waals surface area contributed by atoms with Crippen LogP contribution in [0.5, 0.6) is 0 Å². The van der Waals surface area contributed by atoms with Crippen molar-refractivity contribution in [2.24, 2.45) is 5.73 Å². The minimum Gasteiger partial charge on any atom is -0.393 e. The highest BCUT2D eigenvalue weighted by Gasteiger charge is 2.32. The van der Waals surface area contributed by atoms with Crippen molar-refractivity contribution >= 4 is 17.2 Å². The molecular formula is C12H15F3N2S. The second-order valence-corrected chi connectivity index (χ2v) is 4.65. The lowest BCUT2D eigenvalue weighted by atomic mass is 10.0. The van der Waals surface area contributed by atoms with Gasteiger partial charge in [0.05, 0.1) is 11.5 Å². The number of thiocarbonyl (C=S) groups is 1. The Morgan fingerprint density at radius 3 is 2.33 bits per heavy atom. The molecule has 0 saturated heterocycles. The number of alkyl halides is 3. The summed E-state index contributed by atoms with van der Waals surface area (Å²) in [6, 6.07) is 8.47. The fraction of sp³-hybridized carbons (Fsp3) is 0.417. The van der Waals surface area contributed by atoms with Crippen LogP contribution in [0, 0.1) is 0 Å². The molecule has 100 valence electrons. The highest BCUT2D eigenvalue weighted by molar-refractivity contribution is 7.80. The van der Waals surface area contributed by atoms with E-state index in [0.717, 1.165) is 5.56 Å². The van der Waals surface area contributed by atoms with Crippen molar-refractivity contribution in [3.63, 3.8) is 0 Å². The van der Waals surface area contributed by atoms with Gasteiger partial charge in [-0.15, -0.1) is 0 Å². The van der Waals surface area contributed by atoms with E-state index in [2.05, 4.69) is 0 Å². The molecule has 1 aromatic carbocycles. The number of halogens is 3. The van der Waals surface area contributed by atoms with Gasteiger partial charge >= 0.3 is 6.18 Å². The normalized spacial score (nSPS) is 13.6. The molecule has 1 atom stereocenters. The highest BCUT2D eigenvalue weighted by atomic mass is 32.1. The molecule has 6 heteroatoms. The smallest absolute Gasteiger partial charge is 0.393 e. The van der Waals surface area contributed by atoms with E-state index in [4.69, 9.17) is 18.0 Å². The van der Waals surface area contributed by atoms with Gasteiger partial charge in [0.15, 0.2) is 0 Å². The first-order valence-corrected chi connectivity index (χ1v) is 5.80. The Bertz CT molecular complexity index is 392. The molecule has 0 aliphatic rings. The molecule has 1 aromatic rings. The summed E-state index contributed by atoms with van der Waals surface area (Å²) in [5.74, 6) is 0. The maximum Gasteiger partial charge on any atom is 0.401 e. The van der Waals surface area contributed by atoms with E-state index in [1.165, 1.54) is 11.9 Å². The van der Waals surface area contributed by atoms with Gasteiger partial charge < -0.3 is 5.73 Å². The van der Waals surface area contributed by atoms with Gasteiger partial charge in [-0.05, 0) is 12.6 Å². The Morgan fingerprint density at radius 2 is 1.89 bits per heavy atom. The van der Waals surface area contributed by atoms with Gasteiger partial charge in [-0.25, -0.2) is 0 Å². The molecule has 0 aliphatic heterocycles. The van der Waals surface area contributed by atoms with Crippen molar-refractivity contribution in [3.8, 4) is 0 Å². The van der Waals surface area contributed by atoms with Crippen LogP contribution in [0.4, 0.5) is 13.2 Å². The summed E-state index contributed by atoms with van der Waals surface area (Å²) < 4.78 is 37.2. The zero-order valence-corrected chi connectivity index (χ0v) is 10.8. The zero-order chi connectivity index (χ0) is 13.8. The van der Waals surface area contributed by atoms with Gasteiger partial charge in [-0.3, -0.25) is 4.90 Å². The molecule has 2 N–H and O–H groups in total. The van der Waals surface area contributed by atoms with E-state index in [1.54, 1.807) is 24.3 Å². The van der Waals surface area contributed by atoms with E-state index in [-0.39, 0.29) is 11.4 Å². The van der Waals surface area contributed by atoms with E-state index in [9.17, 15) is 13.2 Å². The molecule has 18 heavy (non-hydrogen) atoms. The van der Waals surface area contributed by atoms with Crippen molar-refractivity contribution in [2.75, 3.05) is 13.6 Å². The second kappa shape index (κ2) is 6.15. The first-order valence-electron chi connectivity index (χ1n) is 5.40. The minimum absolute atomic E-state index is 0.206. The lowest BCUT2D eigenvalue weighted by molar-refractivity contribution is -0.147. The molecule has 0 fully saturated rings. The topological polar surface area (TPSA) is 29.3 Å². The van der Waals surface area contributed by atoms with Gasteiger partial charge in [0.25, 0.3) is 0 Å². The number of hydrogen-bond acceptors (Lipinski definition) is 2. The van der Waals surface area contributed by atoms with Crippen LogP contribution in [0.25, 0.3) is 0 Å². The largest absolute Gasteiger partial charge is 0.401 e. The summed E-state index contributed by atoms with van der Waals surface area (Å²) in [5.41, 5.74) is 6.23. The third-order valence-corrected chi connectivity index (χ3v) is 2.71. The maximum atomic E-state index is 12.4. The van der Waals surface area contributed by atoms with Crippen LogP contribution in [0.3, 0.4) is 0 Å². The second-order valence-electron chi connectivity index (χ2n) is 4.13. The number of rotatable bonds is 5. The molecular weight excluding hydrogens is 261 g/mol. The molecule has 0 spiro atoms. The third kappa shape index (κ3) is 5.01. The Labute approximate surface area is 110 Å². The van der Waals surface area contributed by atoms with Crippen LogP contribution in [0.2, 0.25) is 0 Å². The molecule has 0 saturated carbocycles. The van der Waals surface area contributed by atoms with Crippen molar-refractivity contribution in [2.45, 2.75) is 18.6 Å². The van der Waals surface area contributed by atoms with Crippen LogP contribution in [-0.2, 0) is 0 Å². The Morgan fingerprint density at radius 1 is 1.33 bits per heavy atom. The summed E-state index contributed by atoms with van der Waals surface area (Å²) in [6.45, 7) is -0.991. The van der Waals surface area contributed by atoms with Crippen molar-refractivity contribution in [1.82, 2.24) is 4.90 Å². The lowest BCUT2D eigenvalue weighted by Crippen LogP contribution is -2.35. The summed E-state index contributed by atoms with van der Waals surface area (Å²) in [7, 11) is 1.42. The maximum absolute atomic E-state index is 12.4. The molecule has 0 amide bonds. The van der Waals surface area contributed by atoms with Crippen molar-refractivity contribution in [3.05, 3.63) is 35.9 Å². The molecule has 0 aromatic heterocycles. The molecule has 0 radical (unpaired) electrons.